The number of fused-ring (bicyclic) bond motifs is 1. The molecule has 1 aromatic carbocycles. The average Bonchev–Trinajstić information content (AvgIpc) is 2.80. The van der Waals surface area contributed by atoms with Crippen molar-refractivity contribution >= 4 is 16.9 Å². The van der Waals surface area contributed by atoms with E-state index >= 15 is 0 Å². The molecule has 2 rings (SSSR count). The fourth-order valence-electron chi connectivity index (χ4n) is 2.38. The SMILES string of the molecule is CCN(Cc1ccc2oc(C(=O)O)cc2c1)CC(C)C. The molecular formula is C16H21NO3. The summed E-state index contributed by atoms with van der Waals surface area (Å²) in [6.07, 6.45) is 0. The Kier molecular flexibility index (Phi) is 4.45. The van der Waals surface area contributed by atoms with Gasteiger partial charge < -0.3 is 9.52 Å². The van der Waals surface area contributed by atoms with Crippen molar-refractivity contribution in [3.05, 3.63) is 35.6 Å². The second-order valence-corrected chi connectivity index (χ2v) is 5.51. The van der Waals surface area contributed by atoms with Crippen LogP contribution in [-0.2, 0) is 6.54 Å². The topological polar surface area (TPSA) is 53.7 Å². The zero-order chi connectivity index (χ0) is 14.7. The minimum Gasteiger partial charge on any atom is -0.475 e. The van der Waals surface area contributed by atoms with Crippen LogP contribution in [0.3, 0.4) is 0 Å². The van der Waals surface area contributed by atoms with Crippen LogP contribution in [0, 0.1) is 5.92 Å². The van der Waals surface area contributed by atoms with Crippen LogP contribution in [0.5, 0.6) is 0 Å². The summed E-state index contributed by atoms with van der Waals surface area (Å²) in [5.74, 6) is -0.407. The molecule has 0 atom stereocenters. The van der Waals surface area contributed by atoms with Gasteiger partial charge in [-0.3, -0.25) is 4.90 Å². The van der Waals surface area contributed by atoms with Gasteiger partial charge in [-0.15, -0.1) is 0 Å². The van der Waals surface area contributed by atoms with Crippen molar-refractivity contribution in [3.63, 3.8) is 0 Å². The standard InChI is InChI=1S/C16H21NO3/c1-4-17(9-11(2)3)10-12-5-6-14-13(7-12)8-15(20-14)16(18)19/h5-8,11H,4,9-10H2,1-3H3,(H,18,19). The fourth-order valence-corrected chi connectivity index (χ4v) is 2.38. The van der Waals surface area contributed by atoms with Gasteiger partial charge in [0.1, 0.15) is 5.58 Å². The molecule has 4 nitrogen and oxygen atoms in total. The van der Waals surface area contributed by atoms with Gasteiger partial charge in [0.25, 0.3) is 0 Å². The van der Waals surface area contributed by atoms with E-state index in [1.807, 2.05) is 18.2 Å². The lowest BCUT2D eigenvalue weighted by molar-refractivity contribution is 0.0665. The highest BCUT2D eigenvalue weighted by molar-refractivity contribution is 5.91. The Morgan fingerprint density at radius 1 is 1.35 bits per heavy atom. The maximum atomic E-state index is 10.9. The van der Waals surface area contributed by atoms with E-state index in [2.05, 4.69) is 25.7 Å². The zero-order valence-corrected chi connectivity index (χ0v) is 12.2. The summed E-state index contributed by atoms with van der Waals surface area (Å²) >= 11 is 0. The van der Waals surface area contributed by atoms with E-state index in [9.17, 15) is 4.79 Å². The molecule has 0 aliphatic rings. The average molecular weight is 275 g/mol. The predicted octanol–water partition coefficient (Wildman–Crippen LogP) is 3.61. The third-order valence-corrected chi connectivity index (χ3v) is 3.27. The third-order valence-electron chi connectivity index (χ3n) is 3.27. The molecule has 0 unspecified atom stereocenters. The first-order chi connectivity index (χ1) is 9.49. The fraction of sp³-hybridized carbons (Fsp3) is 0.438. The van der Waals surface area contributed by atoms with Crippen molar-refractivity contribution in [2.24, 2.45) is 5.92 Å². The van der Waals surface area contributed by atoms with Gasteiger partial charge >= 0.3 is 5.97 Å². The van der Waals surface area contributed by atoms with Gasteiger partial charge in [-0.1, -0.05) is 26.8 Å². The van der Waals surface area contributed by atoms with Crippen molar-refractivity contribution in [2.75, 3.05) is 13.1 Å². The zero-order valence-electron chi connectivity index (χ0n) is 12.2. The number of carboxylic acid groups (broad SMARTS) is 1. The highest BCUT2D eigenvalue weighted by Crippen LogP contribution is 2.21. The van der Waals surface area contributed by atoms with E-state index in [0.29, 0.717) is 11.5 Å². The van der Waals surface area contributed by atoms with E-state index in [1.165, 1.54) is 5.56 Å². The number of rotatable bonds is 6. The maximum absolute atomic E-state index is 10.9. The second kappa shape index (κ2) is 6.09. The normalized spacial score (nSPS) is 11.7. The largest absolute Gasteiger partial charge is 0.475 e. The first-order valence-electron chi connectivity index (χ1n) is 6.97. The summed E-state index contributed by atoms with van der Waals surface area (Å²) in [6, 6.07) is 7.44. The number of aromatic carboxylic acids is 1. The minimum absolute atomic E-state index is 0.00771. The molecule has 1 N–H and O–H groups in total. The van der Waals surface area contributed by atoms with E-state index in [4.69, 9.17) is 9.52 Å². The Morgan fingerprint density at radius 2 is 2.10 bits per heavy atom. The molecule has 0 saturated heterocycles. The van der Waals surface area contributed by atoms with Gasteiger partial charge in [-0.2, -0.15) is 0 Å². The molecule has 0 fully saturated rings. The van der Waals surface area contributed by atoms with Gasteiger partial charge in [0.15, 0.2) is 0 Å². The number of hydrogen-bond donors (Lipinski definition) is 1. The molecule has 0 bridgehead atoms. The first-order valence-corrected chi connectivity index (χ1v) is 6.97. The van der Waals surface area contributed by atoms with Gasteiger partial charge in [0.2, 0.25) is 5.76 Å². The molecule has 2 aromatic rings. The van der Waals surface area contributed by atoms with Gasteiger partial charge in [0, 0.05) is 18.5 Å². The highest BCUT2D eigenvalue weighted by atomic mass is 16.4. The smallest absolute Gasteiger partial charge is 0.371 e. The predicted molar refractivity (Wildman–Crippen MR) is 79.0 cm³/mol. The lowest BCUT2D eigenvalue weighted by atomic mass is 10.1. The minimum atomic E-state index is -1.03. The molecule has 0 spiro atoms. The van der Waals surface area contributed by atoms with E-state index in [-0.39, 0.29) is 5.76 Å². The number of carbonyl (C=O) groups is 1. The number of carboxylic acids is 1. The molecule has 0 aliphatic heterocycles. The Balaban J connectivity index is 2.20. The molecule has 0 amide bonds. The number of benzene rings is 1. The van der Waals surface area contributed by atoms with Crippen LogP contribution in [0.4, 0.5) is 0 Å². The van der Waals surface area contributed by atoms with Crippen molar-refractivity contribution < 1.29 is 14.3 Å². The summed E-state index contributed by atoms with van der Waals surface area (Å²) in [5, 5.41) is 9.78. The number of furan rings is 1. The quantitative estimate of drug-likeness (QED) is 0.875. The van der Waals surface area contributed by atoms with Crippen LogP contribution in [-0.4, -0.2) is 29.1 Å². The van der Waals surface area contributed by atoms with Crippen LogP contribution in [0.25, 0.3) is 11.0 Å². The number of hydrogen-bond acceptors (Lipinski definition) is 3. The summed E-state index contributed by atoms with van der Waals surface area (Å²) in [7, 11) is 0. The number of nitrogens with zero attached hydrogens (tertiary/aromatic N) is 1. The second-order valence-electron chi connectivity index (χ2n) is 5.51. The first kappa shape index (κ1) is 14.6. The Bertz CT molecular complexity index is 601. The molecular weight excluding hydrogens is 254 g/mol. The summed E-state index contributed by atoms with van der Waals surface area (Å²) < 4.78 is 5.27. The van der Waals surface area contributed by atoms with Crippen molar-refractivity contribution in [1.29, 1.82) is 0 Å². The van der Waals surface area contributed by atoms with E-state index < -0.39 is 5.97 Å². The van der Waals surface area contributed by atoms with Crippen LogP contribution in [0.2, 0.25) is 0 Å². The van der Waals surface area contributed by atoms with Gasteiger partial charge in [-0.05, 0) is 36.2 Å². The lowest BCUT2D eigenvalue weighted by Gasteiger charge is -2.22. The summed E-state index contributed by atoms with van der Waals surface area (Å²) in [6.45, 7) is 9.50. The molecule has 1 heterocycles. The van der Waals surface area contributed by atoms with Gasteiger partial charge in [0.05, 0.1) is 0 Å². The van der Waals surface area contributed by atoms with Crippen LogP contribution in [0.15, 0.2) is 28.7 Å². The van der Waals surface area contributed by atoms with Crippen molar-refractivity contribution in [1.82, 2.24) is 4.90 Å². The lowest BCUT2D eigenvalue weighted by Crippen LogP contribution is -2.26. The third kappa shape index (κ3) is 3.39. The molecule has 4 heteroatoms. The molecule has 1 aromatic heterocycles. The van der Waals surface area contributed by atoms with Crippen LogP contribution >= 0.6 is 0 Å². The van der Waals surface area contributed by atoms with Crippen LogP contribution < -0.4 is 0 Å². The Labute approximate surface area is 119 Å². The molecule has 0 saturated carbocycles. The maximum Gasteiger partial charge on any atom is 0.371 e. The highest BCUT2D eigenvalue weighted by Gasteiger charge is 2.12. The molecule has 108 valence electrons. The molecule has 0 aliphatic carbocycles. The summed E-state index contributed by atoms with van der Waals surface area (Å²) in [4.78, 5) is 13.3. The van der Waals surface area contributed by atoms with Crippen molar-refractivity contribution in [2.45, 2.75) is 27.3 Å². The van der Waals surface area contributed by atoms with E-state index in [1.54, 1.807) is 6.07 Å². The van der Waals surface area contributed by atoms with Crippen molar-refractivity contribution in [3.8, 4) is 0 Å². The summed E-state index contributed by atoms with van der Waals surface area (Å²) in [5.41, 5.74) is 1.80. The molecule has 20 heavy (non-hydrogen) atoms. The monoisotopic (exact) mass is 275 g/mol. The van der Waals surface area contributed by atoms with Gasteiger partial charge in [-0.25, -0.2) is 4.79 Å². The Morgan fingerprint density at radius 3 is 2.70 bits per heavy atom. The molecule has 0 radical (unpaired) electrons. The Hall–Kier alpha value is -1.81. The van der Waals surface area contributed by atoms with E-state index in [0.717, 1.165) is 25.0 Å². The van der Waals surface area contributed by atoms with Crippen LogP contribution in [0.1, 0.15) is 36.9 Å².